The lowest BCUT2D eigenvalue weighted by Gasteiger charge is -2.21. The van der Waals surface area contributed by atoms with Crippen LogP contribution in [0.25, 0.3) is 0 Å². The number of Topliss-reactive ketones (excluding diaryl/α,β-unsaturated/α-hetero) is 1. The molecule has 3 amide bonds. The van der Waals surface area contributed by atoms with E-state index in [-0.39, 0.29) is 11.3 Å². The first-order chi connectivity index (χ1) is 13.8. The molecule has 2 aromatic rings. The highest BCUT2D eigenvalue weighted by Crippen LogP contribution is 2.24. The summed E-state index contributed by atoms with van der Waals surface area (Å²) in [6.07, 6.45) is 0.989. The van der Waals surface area contributed by atoms with Gasteiger partial charge in [-0.3, -0.25) is 14.5 Å². The highest BCUT2D eigenvalue weighted by molar-refractivity contribution is 6.11. The van der Waals surface area contributed by atoms with Crippen LogP contribution in [0.1, 0.15) is 29.3 Å². The van der Waals surface area contributed by atoms with Gasteiger partial charge in [-0.25, -0.2) is 4.79 Å². The number of halogens is 2. The van der Waals surface area contributed by atoms with Crippen LogP contribution in [0.2, 0.25) is 0 Å². The van der Waals surface area contributed by atoms with E-state index in [1.54, 1.807) is 6.92 Å². The number of carbonyl (C=O) groups is 3. The number of aryl methyl sites for hydroxylation is 1. The van der Waals surface area contributed by atoms with Gasteiger partial charge in [0.2, 0.25) is 0 Å². The number of urea groups is 1. The number of alkyl halides is 2. The van der Waals surface area contributed by atoms with Gasteiger partial charge in [0.1, 0.15) is 11.3 Å². The number of nitrogens with zero attached hydrogens (tertiary/aromatic N) is 1. The Balaban J connectivity index is 1.64. The van der Waals surface area contributed by atoms with Crippen molar-refractivity contribution in [2.45, 2.75) is 31.9 Å². The first-order valence-corrected chi connectivity index (χ1v) is 9.04. The number of rotatable bonds is 8. The quantitative estimate of drug-likeness (QED) is 0.542. The molecule has 0 bridgehead atoms. The van der Waals surface area contributed by atoms with Crippen LogP contribution in [-0.4, -0.2) is 41.3 Å². The Morgan fingerprint density at radius 1 is 1.10 bits per heavy atom. The molecule has 0 aliphatic carbocycles. The second-order valence-corrected chi connectivity index (χ2v) is 6.97. The van der Waals surface area contributed by atoms with Gasteiger partial charge in [0.25, 0.3) is 5.91 Å². The second kappa shape index (κ2) is 8.38. The van der Waals surface area contributed by atoms with Crippen molar-refractivity contribution in [2.75, 3.05) is 6.54 Å². The fourth-order valence-electron chi connectivity index (χ4n) is 3.16. The second-order valence-electron chi connectivity index (χ2n) is 6.97. The first-order valence-electron chi connectivity index (χ1n) is 9.04. The topological polar surface area (TPSA) is 75.7 Å². The standard InChI is InChI=1S/C21H20F2N2O4/c1-21(12-11-14-5-3-2-4-6-14)18(27)25(20(28)24-21)13-17(26)15-7-9-16(10-8-15)29-19(22)23/h2-10,19H,11-13H2,1H3,(H,24,28)/t21-/m1/s1. The van der Waals surface area contributed by atoms with Crippen molar-refractivity contribution in [1.29, 1.82) is 0 Å². The van der Waals surface area contributed by atoms with Gasteiger partial charge < -0.3 is 10.1 Å². The Labute approximate surface area is 166 Å². The van der Waals surface area contributed by atoms with Gasteiger partial charge >= 0.3 is 12.6 Å². The summed E-state index contributed by atoms with van der Waals surface area (Å²) in [6.45, 7) is -1.76. The Morgan fingerprint density at radius 3 is 2.38 bits per heavy atom. The van der Waals surface area contributed by atoms with Gasteiger partial charge in [0.05, 0.1) is 6.54 Å². The molecule has 1 N–H and O–H groups in total. The molecule has 152 valence electrons. The van der Waals surface area contributed by atoms with Gasteiger partial charge in [-0.1, -0.05) is 30.3 Å². The number of ether oxygens (including phenoxy) is 1. The smallest absolute Gasteiger partial charge is 0.387 e. The van der Waals surface area contributed by atoms with E-state index in [1.165, 1.54) is 24.3 Å². The highest BCUT2D eigenvalue weighted by atomic mass is 19.3. The molecule has 1 saturated heterocycles. The molecule has 0 aromatic heterocycles. The molecule has 1 fully saturated rings. The van der Waals surface area contributed by atoms with Crippen LogP contribution in [0.4, 0.5) is 13.6 Å². The normalized spacial score (nSPS) is 18.8. The van der Waals surface area contributed by atoms with Gasteiger partial charge in [-0.15, -0.1) is 0 Å². The van der Waals surface area contributed by atoms with Gasteiger partial charge in [0, 0.05) is 5.56 Å². The lowest BCUT2D eigenvalue weighted by atomic mass is 9.93. The van der Waals surface area contributed by atoms with Crippen LogP contribution in [-0.2, 0) is 11.2 Å². The third-order valence-electron chi connectivity index (χ3n) is 4.80. The fraction of sp³-hybridized carbons (Fsp3) is 0.286. The molecule has 1 atom stereocenters. The minimum Gasteiger partial charge on any atom is -0.435 e. The molecule has 2 aromatic carbocycles. The Kier molecular flexibility index (Phi) is 5.91. The lowest BCUT2D eigenvalue weighted by molar-refractivity contribution is -0.130. The van der Waals surface area contributed by atoms with Crippen LogP contribution in [0, 0.1) is 0 Å². The van der Waals surface area contributed by atoms with E-state index >= 15 is 0 Å². The predicted molar refractivity (Wildman–Crippen MR) is 101 cm³/mol. The molecule has 1 aliphatic rings. The van der Waals surface area contributed by atoms with Crippen LogP contribution >= 0.6 is 0 Å². The van der Waals surface area contributed by atoms with E-state index in [0.29, 0.717) is 12.8 Å². The van der Waals surface area contributed by atoms with E-state index in [1.807, 2.05) is 30.3 Å². The monoisotopic (exact) mass is 402 g/mol. The number of carbonyl (C=O) groups excluding carboxylic acids is 3. The van der Waals surface area contributed by atoms with Crippen molar-refractivity contribution < 1.29 is 27.9 Å². The number of amides is 3. The van der Waals surface area contributed by atoms with Crippen molar-refractivity contribution in [3.05, 3.63) is 65.7 Å². The molecule has 6 nitrogen and oxygen atoms in total. The van der Waals surface area contributed by atoms with Gasteiger partial charge in [-0.05, 0) is 49.6 Å². The minimum atomic E-state index is -2.96. The number of benzene rings is 2. The SMILES string of the molecule is C[C@]1(CCc2ccccc2)NC(=O)N(CC(=O)c2ccc(OC(F)F)cc2)C1=O. The average molecular weight is 402 g/mol. The number of imide groups is 1. The molecule has 3 rings (SSSR count). The third kappa shape index (κ3) is 4.77. The summed E-state index contributed by atoms with van der Waals surface area (Å²) in [5, 5.41) is 2.67. The number of hydrogen-bond donors (Lipinski definition) is 1. The zero-order chi connectivity index (χ0) is 21.0. The highest BCUT2D eigenvalue weighted by Gasteiger charge is 2.47. The number of hydrogen-bond acceptors (Lipinski definition) is 4. The van der Waals surface area contributed by atoms with Crippen molar-refractivity contribution in [1.82, 2.24) is 10.2 Å². The average Bonchev–Trinajstić information content (AvgIpc) is 2.91. The Bertz CT molecular complexity index is 903. The summed E-state index contributed by atoms with van der Waals surface area (Å²) in [5.74, 6) is -1.03. The molecule has 1 heterocycles. The summed E-state index contributed by atoms with van der Waals surface area (Å²) in [6, 6.07) is 14.0. The molecule has 0 spiro atoms. The molecular weight excluding hydrogens is 382 g/mol. The zero-order valence-corrected chi connectivity index (χ0v) is 15.7. The van der Waals surface area contributed by atoms with E-state index < -0.39 is 36.4 Å². The number of nitrogens with one attached hydrogen (secondary N) is 1. The van der Waals surface area contributed by atoms with E-state index in [2.05, 4.69) is 10.1 Å². The maximum atomic E-state index is 12.8. The molecule has 29 heavy (non-hydrogen) atoms. The maximum absolute atomic E-state index is 12.8. The minimum absolute atomic E-state index is 0.0833. The summed E-state index contributed by atoms with van der Waals surface area (Å²) in [4.78, 5) is 38.4. The maximum Gasteiger partial charge on any atom is 0.387 e. The third-order valence-corrected chi connectivity index (χ3v) is 4.80. The van der Waals surface area contributed by atoms with Gasteiger partial charge in [0.15, 0.2) is 5.78 Å². The van der Waals surface area contributed by atoms with Crippen LogP contribution in [0.5, 0.6) is 5.75 Å². The largest absolute Gasteiger partial charge is 0.435 e. The first kappa shape index (κ1) is 20.4. The molecule has 8 heteroatoms. The molecule has 1 aliphatic heterocycles. The van der Waals surface area contributed by atoms with Crippen molar-refractivity contribution in [2.24, 2.45) is 0 Å². The summed E-state index contributed by atoms with van der Waals surface area (Å²) >= 11 is 0. The Hall–Kier alpha value is -3.29. The van der Waals surface area contributed by atoms with Crippen molar-refractivity contribution in [3.63, 3.8) is 0 Å². The summed E-state index contributed by atoms with van der Waals surface area (Å²) < 4.78 is 28.6. The summed E-state index contributed by atoms with van der Waals surface area (Å²) in [5.41, 5.74) is 0.129. The number of ketones is 1. The van der Waals surface area contributed by atoms with E-state index in [9.17, 15) is 23.2 Å². The van der Waals surface area contributed by atoms with Crippen molar-refractivity contribution in [3.8, 4) is 5.75 Å². The van der Waals surface area contributed by atoms with Crippen LogP contribution in [0.3, 0.4) is 0 Å². The predicted octanol–water partition coefficient (Wildman–Crippen LogP) is 3.41. The van der Waals surface area contributed by atoms with Gasteiger partial charge in [-0.2, -0.15) is 8.78 Å². The molecule has 0 radical (unpaired) electrons. The van der Waals surface area contributed by atoms with Crippen LogP contribution < -0.4 is 10.1 Å². The lowest BCUT2D eigenvalue weighted by Crippen LogP contribution is -2.44. The molecular formula is C21H20F2N2O4. The van der Waals surface area contributed by atoms with Crippen LogP contribution in [0.15, 0.2) is 54.6 Å². The molecule has 0 unspecified atom stereocenters. The summed E-state index contributed by atoms with van der Waals surface area (Å²) in [7, 11) is 0. The molecule has 0 saturated carbocycles. The Morgan fingerprint density at radius 2 is 1.76 bits per heavy atom. The fourth-order valence-corrected chi connectivity index (χ4v) is 3.16. The van der Waals surface area contributed by atoms with E-state index in [0.717, 1.165) is 10.5 Å². The van der Waals surface area contributed by atoms with E-state index in [4.69, 9.17) is 0 Å². The zero-order valence-electron chi connectivity index (χ0n) is 15.7. The van der Waals surface area contributed by atoms with Crippen molar-refractivity contribution >= 4 is 17.7 Å².